The molecule has 0 saturated carbocycles. The molecule has 1 rings (SSSR count). The Morgan fingerprint density at radius 2 is 1.72 bits per heavy atom. The van der Waals surface area contributed by atoms with Gasteiger partial charge < -0.3 is 15.3 Å². The first-order valence-electron chi connectivity index (χ1n) is 4.77. The third-order valence-electron chi connectivity index (χ3n) is 1.71. The number of nitrogens with zero attached hydrogens (tertiary/aromatic N) is 1. The van der Waals surface area contributed by atoms with Gasteiger partial charge in [0.25, 0.3) is 5.69 Å². The van der Waals surface area contributed by atoms with Crippen LogP contribution < -0.4 is 0 Å². The lowest BCUT2D eigenvalue weighted by Crippen LogP contribution is -2.05. The molecule has 0 aliphatic rings. The van der Waals surface area contributed by atoms with Crippen LogP contribution in [0.2, 0.25) is 0 Å². The van der Waals surface area contributed by atoms with E-state index in [4.69, 9.17) is 15.3 Å². The van der Waals surface area contributed by atoms with Crippen molar-refractivity contribution in [2.24, 2.45) is 0 Å². The maximum atomic E-state index is 12.8. The minimum absolute atomic E-state index is 0.108. The van der Waals surface area contributed by atoms with E-state index in [-0.39, 0.29) is 24.5 Å². The van der Waals surface area contributed by atoms with Crippen molar-refractivity contribution < 1.29 is 29.4 Å². The number of hydrogen-bond acceptors (Lipinski definition) is 5. The highest BCUT2D eigenvalue weighted by atomic mass is 19.1. The molecule has 0 fully saturated rings. The molecule has 1 unspecified atom stereocenters. The average molecular weight is 261 g/mol. The Labute approximate surface area is 101 Å². The molecule has 0 aliphatic carbocycles. The number of benzene rings is 1. The Bertz CT molecular complexity index is 392. The first-order valence-corrected chi connectivity index (χ1v) is 4.77. The third-order valence-corrected chi connectivity index (χ3v) is 1.71. The van der Waals surface area contributed by atoms with Crippen LogP contribution in [0.15, 0.2) is 24.3 Å². The summed E-state index contributed by atoms with van der Waals surface area (Å²) in [5.74, 6) is -1.61. The fourth-order valence-corrected chi connectivity index (χ4v) is 0.908. The summed E-state index contributed by atoms with van der Waals surface area (Å²) in [5.41, 5.74) is -0.311. The van der Waals surface area contributed by atoms with Gasteiger partial charge in [0, 0.05) is 12.1 Å². The van der Waals surface area contributed by atoms with Gasteiger partial charge in [-0.25, -0.2) is 9.18 Å². The van der Waals surface area contributed by atoms with E-state index in [0.29, 0.717) is 0 Å². The van der Waals surface area contributed by atoms with Gasteiger partial charge in [0.05, 0.1) is 18.1 Å². The van der Waals surface area contributed by atoms with Gasteiger partial charge in [0.2, 0.25) is 6.17 Å². The lowest BCUT2D eigenvalue weighted by atomic mass is 10.1. The maximum absolute atomic E-state index is 12.8. The predicted octanol–water partition coefficient (Wildman–Crippen LogP) is 0.661. The zero-order chi connectivity index (χ0) is 14.1. The zero-order valence-electron chi connectivity index (χ0n) is 9.19. The van der Waals surface area contributed by atoms with E-state index in [9.17, 15) is 19.3 Å². The predicted molar refractivity (Wildman–Crippen MR) is 58.8 cm³/mol. The fraction of sp³-hybridized carbons (Fsp3) is 0.300. The molecule has 0 aromatic heterocycles. The molecule has 1 aromatic carbocycles. The summed E-state index contributed by atoms with van der Waals surface area (Å²) in [7, 11) is 0. The van der Waals surface area contributed by atoms with Crippen LogP contribution in [0.1, 0.15) is 11.7 Å². The first-order chi connectivity index (χ1) is 8.43. The Morgan fingerprint density at radius 3 is 2.00 bits per heavy atom. The molecule has 0 heterocycles. The second kappa shape index (κ2) is 8.09. The minimum atomic E-state index is -2.14. The number of halogens is 1. The standard InChI is InChI=1S/C8H6FNO4.C2H6O2/c9-7(8(11)12)5-1-3-6(4-2-5)10(13)14;3-1-2-4/h1-4,7H,(H,11,12);3-4H,1-2H2. The van der Waals surface area contributed by atoms with Crippen LogP contribution in [-0.2, 0) is 4.79 Å². The van der Waals surface area contributed by atoms with Crippen molar-refractivity contribution in [1.29, 1.82) is 0 Å². The van der Waals surface area contributed by atoms with E-state index in [1.807, 2.05) is 0 Å². The normalized spacial score (nSPS) is 11.1. The number of aliphatic carboxylic acids is 1. The third kappa shape index (κ3) is 5.32. The highest BCUT2D eigenvalue weighted by Gasteiger charge is 2.18. The molecule has 18 heavy (non-hydrogen) atoms. The number of rotatable bonds is 4. The van der Waals surface area contributed by atoms with Gasteiger partial charge in [-0.05, 0) is 17.7 Å². The molecule has 0 saturated heterocycles. The van der Waals surface area contributed by atoms with Gasteiger partial charge >= 0.3 is 5.97 Å². The molecule has 0 bridgehead atoms. The molecule has 1 atom stereocenters. The van der Waals surface area contributed by atoms with Crippen molar-refractivity contribution in [1.82, 2.24) is 0 Å². The van der Waals surface area contributed by atoms with Gasteiger partial charge in [-0.3, -0.25) is 10.1 Å². The largest absolute Gasteiger partial charge is 0.479 e. The average Bonchev–Trinajstić information content (AvgIpc) is 2.38. The summed E-state index contributed by atoms with van der Waals surface area (Å²) in [6.07, 6.45) is -2.14. The number of non-ortho nitro benzene ring substituents is 1. The number of nitro groups is 1. The Morgan fingerprint density at radius 1 is 1.28 bits per heavy atom. The van der Waals surface area contributed by atoms with Crippen molar-refractivity contribution in [3.8, 4) is 0 Å². The summed E-state index contributed by atoms with van der Waals surface area (Å²) in [6, 6.07) is 4.28. The van der Waals surface area contributed by atoms with Gasteiger partial charge in [-0.2, -0.15) is 0 Å². The van der Waals surface area contributed by atoms with Crippen LogP contribution >= 0.6 is 0 Å². The molecule has 7 nitrogen and oxygen atoms in total. The number of alkyl halides is 1. The molecule has 100 valence electrons. The van der Waals surface area contributed by atoms with Crippen LogP contribution in [-0.4, -0.2) is 39.4 Å². The van der Waals surface area contributed by atoms with Crippen molar-refractivity contribution in [2.45, 2.75) is 6.17 Å². The Hall–Kier alpha value is -2.06. The smallest absolute Gasteiger partial charge is 0.343 e. The molecular weight excluding hydrogens is 249 g/mol. The summed E-state index contributed by atoms with van der Waals surface area (Å²) >= 11 is 0. The highest BCUT2D eigenvalue weighted by Crippen LogP contribution is 2.20. The van der Waals surface area contributed by atoms with Gasteiger partial charge in [0.1, 0.15) is 0 Å². The number of aliphatic hydroxyl groups excluding tert-OH is 2. The van der Waals surface area contributed by atoms with Crippen molar-refractivity contribution in [3.05, 3.63) is 39.9 Å². The monoisotopic (exact) mass is 261 g/mol. The summed E-state index contributed by atoms with van der Waals surface area (Å²) < 4.78 is 12.8. The van der Waals surface area contributed by atoms with Crippen LogP contribution in [0, 0.1) is 10.1 Å². The lowest BCUT2D eigenvalue weighted by molar-refractivity contribution is -0.384. The van der Waals surface area contributed by atoms with Crippen LogP contribution in [0.5, 0.6) is 0 Å². The van der Waals surface area contributed by atoms with Crippen molar-refractivity contribution in [2.75, 3.05) is 13.2 Å². The van der Waals surface area contributed by atoms with E-state index in [1.54, 1.807) is 0 Å². The van der Waals surface area contributed by atoms with E-state index in [1.165, 1.54) is 0 Å². The Kier molecular flexibility index (Phi) is 7.17. The first kappa shape index (κ1) is 15.9. The molecule has 0 spiro atoms. The number of hydrogen-bond donors (Lipinski definition) is 3. The van der Waals surface area contributed by atoms with Crippen LogP contribution in [0.4, 0.5) is 10.1 Å². The zero-order valence-corrected chi connectivity index (χ0v) is 9.19. The molecule has 0 radical (unpaired) electrons. The van der Waals surface area contributed by atoms with E-state index >= 15 is 0 Å². The topological polar surface area (TPSA) is 121 Å². The highest BCUT2D eigenvalue weighted by molar-refractivity contribution is 5.74. The van der Waals surface area contributed by atoms with Gasteiger partial charge in [-0.1, -0.05) is 0 Å². The summed E-state index contributed by atoms with van der Waals surface area (Å²) in [4.78, 5) is 19.8. The Balaban J connectivity index is 0.000000631. The van der Waals surface area contributed by atoms with Crippen molar-refractivity contribution >= 4 is 11.7 Å². The van der Waals surface area contributed by atoms with Crippen LogP contribution in [0.25, 0.3) is 0 Å². The SMILES string of the molecule is O=C(O)C(F)c1ccc([N+](=O)[O-])cc1.OCCO. The number of carboxylic acids is 1. The van der Waals surface area contributed by atoms with Crippen LogP contribution in [0.3, 0.4) is 0 Å². The van der Waals surface area contributed by atoms with Gasteiger partial charge in [-0.15, -0.1) is 0 Å². The number of aliphatic hydroxyl groups is 2. The second-order valence-corrected chi connectivity index (χ2v) is 3.00. The lowest BCUT2D eigenvalue weighted by Gasteiger charge is -2.01. The molecule has 0 amide bonds. The molecule has 3 N–H and O–H groups in total. The van der Waals surface area contributed by atoms with E-state index in [0.717, 1.165) is 24.3 Å². The molecular formula is C10H12FNO6. The van der Waals surface area contributed by atoms with E-state index < -0.39 is 17.1 Å². The minimum Gasteiger partial charge on any atom is -0.479 e. The number of nitro benzene ring substituents is 1. The second-order valence-electron chi connectivity index (χ2n) is 3.00. The number of carboxylic acid groups (broad SMARTS) is 1. The fourth-order valence-electron chi connectivity index (χ4n) is 0.908. The summed E-state index contributed by atoms with van der Waals surface area (Å²) in [6.45, 7) is -0.250. The number of carbonyl (C=O) groups is 1. The summed E-state index contributed by atoms with van der Waals surface area (Å²) in [5, 5.41) is 33.8. The van der Waals surface area contributed by atoms with E-state index in [2.05, 4.69) is 0 Å². The van der Waals surface area contributed by atoms with Crippen molar-refractivity contribution in [3.63, 3.8) is 0 Å². The molecule has 8 heteroatoms. The maximum Gasteiger partial charge on any atom is 0.343 e. The molecule has 0 aliphatic heterocycles. The molecule has 1 aromatic rings. The van der Waals surface area contributed by atoms with Gasteiger partial charge in [0.15, 0.2) is 0 Å². The quantitative estimate of drug-likeness (QED) is 0.540.